The highest BCUT2D eigenvalue weighted by Gasteiger charge is 2.34. The first-order valence-corrected chi connectivity index (χ1v) is 12.4. The molecule has 9 heteroatoms. The molecule has 0 spiro atoms. The first-order valence-electron chi connectivity index (χ1n) is 12.4. The third-order valence-corrected chi connectivity index (χ3v) is 6.61. The summed E-state index contributed by atoms with van der Waals surface area (Å²) in [7, 11) is 1.41. The van der Waals surface area contributed by atoms with Gasteiger partial charge in [0.15, 0.2) is 0 Å². The number of rotatable bonds is 7. The molecule has 38 heavy (non-hydrogen) atoms. The smallest absolute Gasteiger partial charge is 0.339 e. The van der Waals surface area contributed by atoms with Gasteiger partial charge in [0.05, 0.1) is 7.11 Å². The van der Waals surface area contributed by atoms with Gasteiger partial charge in [-0.05, 0) is 71.8 Å². The Kier molecular flexibility index (Phi) is 7.95. The molecule has 1 aliphatic rings. The van der Waals surface area contributed by atoms with E-state index in [4.69, 9.17) is 4.74 Å². The molecule has 1 heterocycles. The Hall–Kier alpha value is -4.40. The molecule has 0 saturated carbocycles. The average Bonchev–Trinajstić information content (AvgIpc) is 3.39. The highest BCUT2D eigenvalue weighted by molar-refractivity contribution is 5.99. The number of ether oxygens (including phenoxy) is 1. The van der Waals surface area contributed by atoms with E-state index < -0.39 is 18.0 Å². The van der Waals surface area contributed by atoms with Crippen LogP contribution in [-0.2, 0) is 4.79 Å². The van der Waals surface area contributed by atoms with E-state index in [0.29, 0.717) is 36.3 Å². The molecular formula is C29H30FN3O5. The SMILES string of the molecule is COc1cc(-c2ccc(NC(=O)[C@@H]3CCCN3C(=O)Nc3ccc(C(C)C)c(F)c3)cc2)ccc1C(=O)O. The van der Waals surface area contributed by atoms with Crippen LogP contribution < -0.4 is 15.4 Å². The number of anilines is 2. The van der Waals surface area contributed by atoms with E-state index in [2.05, 4.69) is 10.6 Å². The van der Waals surface area contributed by atoms with Crippen LogP contribution in [0.3, 0.4) is 0 Å². The molecular weight excluding hydrogens is 489 g/mol. The Morgan fingerprint density at radius 3 is 2.29 bits per heavy atom. The van der Waals surface area contributed by atoms with Crippen molar-refractivity contribution in [1.29, 1.82) is 0 Å². The van der Waals surface area contributed by atoms with Crippen LogP contribution in [0.2, 0.25) is 0 Å². The van der Waals surface area contributed by atoms with Crippen LogP contribution in [0.5, 0.6) is 5.75 Å². The Morgan fingerprint density at radius 2 is 1.66 bits per heavy atom. The second kappa shape index (κ2) is 11.3. The average molecular weight is 520 g/mol. The van der Waals surface area contributed by atoms with Crippen LogP contribution in [-0.4, -0.2) is 47.6 Å². The van der Waals surface area contributed by atoms with Gasteiger partial charge in [-0.15, -0.1) is 0 Å². The lowest BCUT2D eigenvalue weighted by Gasteiger charge is -2.24. The number of aromatic carboxylic acids is 1. The minimum Gasteiger partial charge on any atom is -0.496 e. The monoisotopic (exact) mass is 519 g/mol. The molecule has 0 aliphatic carbocycles. The van der Waals surface area contributed by atoms with Crippen molar-refractivity contribution in [2.24, 2.45) is 0 Å². The fourth-order valence-corrected chi connectivity index (χ4v) is 4.57. The molecule has 3 aromatic carbocycles. The van der Waals surface area contributed by atoms with Gasteiger partial charge in [-0.1, -0.05) is 38.1 Å². The number of carbonyl (C=O) groups excluding carboxylic acids is 2. The van der Waals surface area contributed by atoms with Crippen molar-refractivity contribution in [3.63, 3.8) is 0 Å². The van der Waals surface area contributed by atoms with E-state index >= 15 is 0 Å². The molecule has 1 aliphatic heterocycles. The zero-order chi connectivity index (χ0) is 27.4. The first-order chi connectivity index (χ1) is 18.2. The summed E-state index contributed by atoms with van der Waals surface area (Å²) in [6, 6.07) is 15.4. The summed E-state index contributed by atoms with van der Waals surface area (Å²) in [5.74, 6) is -1.48. The molecule has 198 valence electrons. The van der Waals surface area contributed by atoms with Crippen molar-refractivity contribution in [3.05, 3.63) is 77.6 Å². The van der Waals surface area contributed by atoms with Crippen molar-refractivity contribution in [2.45, 2.75) is 38.6 Å². The lowest BCUT2D eigenvalue weighted by Crippen LogP contribution is -2.45. The molecule has 3 N–H and O–H groups in total. The number of carboxylic acids is 1. The third-order valence-electron chi connectivity index (χ3n) is 6.61. The Labute approximate surface area is 220 Å². The van der Waals surface area contributed by atoms with Crippen molar-refractivity contribution >= 4 is 29.3 Å². The number of carboxylic acid groups (broad SMARTS) is 1. The second-order valence-electron chi connectivity index (χ2n) is 9.46. The molecule has 3 amide bonds. The van der Waals surface area contributed by atoms with Crippen LogP contribution in [0.15, 0.2) is 60.7 Å². The van der Waals surface area contributed by atoms with E-state index in [9.17, 15) is 23.9 Å². The maximum absolute atomic E-state index is 14.3. The number of hydrogen-bond acceptors (Lipinski definition) is 4. The third kappa shape index (κ3) is 5.77. The molecule has 3 aromatic rings. The number of halogens is 1. The fourth-order valence-electron chi connectivity index (χ4n) is 4.57. The maximum Gasteiger partial charge on any atom is 0.339 e. The Morgan fingerprint density at radius 1 is 0.974 bits per heavy atom. The summed E-state index contributed by atoms with van der Waals surface area (Å²) in [5.41, 5.74) is 3.13. The van der Waals surface area contributed by atoms with Gasteiger partial charge >= 0.3 is 12.0 Å². The van der Waals surface area contributed by atoms with E-state index in [1.807, 2.05) is 13.8 Å². The summed E-state index contributed by atoms with van der Waals surface area (Å²) in [6.45, 7) is 4.21. The number of nitrogens with zero attached hydrogens (tertiary/aromatic N) is 1. The molecule has 0 unspecified atom stereocenters. The van der Waals surface area contributed by atoms with E-state index in [1.165, 1.54) is 24.1 Å². The topological polar surface area (TPSA) is 108 Å². The fraction of sp³-hybridized carbons (Fsp3) is 0.276. The number of methoxy groups -OCH3 is 1. The number of hydrogen-bond donors (Lipinski definition) is 3. The van der Waals surface area contributed by atoms with Crippen molar-refractivity contribution in [3.8, 4) is 16.9 Å². The van der Waals surface area contributed by atoms with E-state index in [0.717, 1.165) is 11.1 Å². The molecule has 0 bridgehead atoms. The molecule has 0 radical (unpaired) electrons. The predicted molar refractivity (Wildman–Crippen MR) is 143 cm³/mol. The van der Waals surface area contributed by atoms with Crippen LogP contribution >= 0.6 is 0 Å². The summed E-state index contributed by atoms with van der Waals surface area (Å²) >= 11 is 0. The standard InChI is InChI=1S/C29H30FN3O5/c1-17(2)22-13-11-21(16-24(22)30)32-29(37)33-14-4-5-25(33)27(34)31-20-9-6-18(7-10-20)19-8-12-23(28(35)36)26(15-19)38-3/h6-13,15-17,25H,4-5,14H2,1-3H3,(H,31,34)(H,32,37)(H,35,36)/t25-/m0/s1. The minimum absolute atomic E-state index is 0.0285. The minimum atomic E-state index is -1.07. The second-order valence-corrected chi connectivity index (χ2v) is 9.46. The molecule has 8 nitrogen and oxygen atoms in total. The molecule has 0 aromatic heterocycles. The van der Waals surface area contributed by atoms with Gasteiger partial charge in [-0.2, -0.15) is 0 Å². The van der Waals surface area contributed by atoms with Crippen LogP contribution in [0.1, 0.15) is 48.5 Å². The summed E-state index contributed by atoms with van der Waals surface area (Å²) in [4.78, 5) is 38.7. The number of carbonyl (C=O) groups is 3. The molecule has 1 fully saturated rings. The highest BCUT2D eigenvalue weighted by atomic mass is 19.1. The number of urea groups is 1. The van der Waals surface area contributed by atoms with Gasteiger partial charge in [-0.3, -0.25) is 4.79 Å². The largest absolute Gasteiger partial charge is 0.496 e. The Bertz CT molecular complexity index is 1360. The Balaban J connectivity index is 1.41. The maximum atomic E-state index is 14.3. The van der Waals surface area contributed by atoms with Gasteiger partial charge in [0.25, 0.3) is 0 Å². The van der Waals surface area contributed by atoms with Crippen molar-refractivity contribution < 1.29 is 28.6 Å². The number of amides is 3. The first kappa shape index (κ1) is 26.7. The van der Waals surface area contributed by atoms with Crippen molar-refractivity contribution in [1.82, 2.24) is 4.90 Å². The van der Waals surface area contributed by atoms with Crippen LogP contribution in [0, 0.1) is 5.82 Å². The van der Waals surface area contributed by atoms with E-state index in [1.54, 1.807) is 48.5 Å². The highest BCUT2D eigenvalue weighted by Crippen LogP contribution is 2.29. The van der Waals surface area contributed by atoms with E-state index in [-0.39, 0.29) is 29.0 Å². The summed E-state index contributed by atoms with van der Waals surface area (Å²) in [5, 5.41) is 14.8. The lowest BCUT2D eigenvalue weighted by molar-refractivity contribution is -0.119. The summed E-state index contributed by atoms with van der Waals surface area (Å²) < 4.78 is 19.5. The van der Waals surface area contributed by atoms with Gasteiger partial charge < -0.3 is 25.4 Å². The molecule has 1 atom stereocenters. The zero-order valence-electron chi connectivity index (χ0n) is 21.5. The van der Waals surface area contributed by atoms with Gasteiger partial charge in [0.2, 0.25) is 5.91 Å². The van der Waals surface area contributed by atoms with Crippen LogP contribution in [0.4, 0.5) is 20.6 Å². The molecule has 4 rings (SSSR count). The van der Waals surface area contributed by atoms with Gasteiger partial charge in [0, 0.05) is 17.9 Å². The molecule has 1 saturated heterocycles. The van der Waals surface area contributed by atoms with Crippen molar-refractivity contribution in [2.75, 3.05) is 24.3 Å². The number of benzene rings is 3. The number of likely N-dealkylation sites (tertiary alicyclic amines) is 1. The lowest BCUT2D eigenvalue weighted by atomic mass is 10.0. The summed E-state index contributed by atoms with van der Waals surface area (Å²) in [6.07, 6.45) is 1.20. The quantitative estimate of drug-likeness (QED) is 0.357. The zero-order valence-corrected chi connectivity index (χ0v) is 21.5. The number of nitrogens with one attached hydrogen (secondary N) is 2. The predicted octanol–water partition coefficient (Wildman–Crippen LogP) is 5.96. The van der Waals surface area contributed by atoms with Gasteiger partial charge in [0.1, 0.15) is 23.2 Å². The normalized spacial score (nSPS) is 14.9. The van der Waals surface area contributed by atoms with Gasteiger partial charge in [-0.25, -0.2) is 14.0 Å². The van der Waals surface area contributed by atoms with Crippen LogP contribution in [0.25, 0.3) is 11.1 Å².